The van der Waals surface area contributed by atoms with E-state index >= 15 is 0 Å². The molecule has 1 aromatic rings. The van der Waals surface area contributed by atoms with Gasteiger partial charge >= 0.3 is 5.97 Å². The van der Waals surface area contributed by atoms with Crippen molar-refractivity contribution in [2.24, 2.45) is 5.41 Å². The number of carboxylic acids is 1. The number of hydrogen-bond donors (Lipinski definition) is 1. The lowest BCUT2D eigenvalue weighted by Gasteiger charge is -2.18. The van der Waals surface area contributed by atoms with E-state index in [1.807, 2.05) is 0 Å². The highest BCUT2D eigenvalue weighted by Crippen LogP contribution is 2.21. The minimum Gasteiger partial charge on any atom is -0.478 e. The van der Waals surface area contributed by atoms with Gasteiger partial charge in [-0.1, -0.05) is 20.8 Å². The Labute approximate surface area is 83.8 Å². The van der Waals surface area contributed by atoms with Crippen molar-refractivity contribution >= 4 is 5.97 Å². The minimum atomic E-state index is -0.905. The molecule has 76 valence electrons. The molecule has 0 saturated carbocycles. The van der Waals surface area contributed by atoms with Gasteiger partial charge in [-0.05, 0) is 24.0 Å². The first-order valence-electron chi connectivity index (χ1n) is 4.57. The predicted octanol–water partition coefficient (Wildman–Crippen LogP) is 2.37. The van der Waals surface area contributed by atoms with Crippen LogP contribution in [0.2, 0.25) is 0 Å². The fourth-order valence-corrected chi connectivity index (χ4v) is 1.28. The van der Waals surface area contributed by atoms with Crippen LogP contribution in [0, 0.1) is 5.41 Å². The Kier molecular flexibility index (Phi) is 2.89. The van der Waals surface area contributed by atoms with Crippen molar-refractivity contribution in [2.75, 3.05) is 0 Å². The van der Waals surface area contributed by atoms with Gasteiger partial charge in [-0.25, -0.2) is 4.79 Å². The number of rotatable bonds is 2. The zero-order chi connectivity index (χ0) is 10.8. The van der Waals surface area contributed by atoms with E-state index in [9.17, 15) is 4.79 Å². The average Bonchev–Trinajstić information content (AvgIpc) is 2.01. The van der Waals surface area contributed by atoms with Crippen LogP contribution >= 0.6 is 0 Å². The van der Waals surface area contributed by atoms with Crippen molar-refractivity contribution < 1.29 is 9.90 Å². The molecular formula is C11H15NO2. The second-order valence-corrected chi connectivity index (χ2v) is 4.54. The van der Waals surface area contributed by atoms with Gasteiger partial charge in [-0.3, -0.25) is 4.98 Å². The van der Waals surface area contributed by atoms with Gasteiger partial charge in [0.25, 0.3) is 0 Å². The van der Waals surface area contributed by atoms with E-state index in [4.69, 9.17) is 5.11 Å². The summed E-state index contributed by atoms with van der Waals surface area (Å²) in [5.74, 6) is -0.905. The molecular weight excluding hydrogens is 178 g/mol. The maximum absolute atomic E-state index is 10.9. The number of hydrogen-bond acceptors (Lipinski definition) is 2. The van der Waals surface area contributed by atoms with Crippen LogP contribution in [0.5, 0.6) is 0 Å². The SMILES string of the molecule is CC(C)(C)Cc1ncccc1C(=O)O. The standard InChI is InChI=1S/C11H15NO2/c1-11(2,3)7-9-8(10(13)14)5-4-6-12-9/h4-6H,7H2,1-3H3,(H,13,14). The van der Waals surface area contributed by atoms with Crippen LogP contribution in [-0.4, -0.2) is 16.1 Å². The van der Waals surface area contributed by atoms with Crippen molar-refractivity contribution in [3.8, 4) is 0 Å². The van der Waals surface area contributed by atoms with Gasteiger partial charge in [0, 0.05) is 6.20 Å². The van der Waals surface area contributed by atoms with Gasteiger partial charge in [0.1, 0.15) is 0 Å². The summed E-state index contributed by atoms with van der Waals surface area (Å²) < 4.78 is 0. The number of carbonyl (C=O) groups is 1. The molecule has 3 heteroatoms. The second-order valence-electron chi connectivity index (χ2n) is 4.54. The largest absolute Gasteiger partial charge is 0.478 e. The van der Waals surface area contributed by atoms with Crippen LogP contribution in [0.25, 0.3) is 0 Å². The minimum absolute atomic E-state index is 0.0541. The summed E-state index contributed by atoms with van der Waals surface area (Å²) in [7, 11) is 0. The van der Waals surface area contributed by atoms with E-state index in [0.717, 1.165) is 0 Å². The molecule has 1 aromatic heterocycles. The van der Waals surface area contributed by atoms with E-state index in [2.05, 4.69) is 25.8 Å². The Balaban J connectivity index is 3.02. The van der Waals surface area contributed by atoms with Gasteiger partial charge in [0.15, 0.2) is 0 Å². The summed E-state index contributed by atoms with van der Waals surface area (Å²) in [6, 6.07) is 3.24. The van der Waals surface area contributed by atoms with Crippen molar-refractivity contribution in [2.45, 2.75) is 27.2 Å². The quantitative estimate of drug-likeness (QED) is 0.784. The fraction of sp³-hybridized carbons (Fsp3) is 0.455. The molecule has 0 bridgehead atoms. The van der Waals surface area contributed by atoms with E-state index < -0.39 is 5.97 Å². The highest BCUT2D eigenvalue weighted by Gasteiger charge is 2.17. The van der Waals surface area contributed by atoms with Crippen LogP contribution in [0.4, 0.5) is 0 Å². The predicted molar refractivity (Wildman–Crippen MR) is 54.4 cm³/mol. The monoisotopic (exact) mass is 193 g/mol. The topological polar surface area (TPSA) is 50.2 Å². The Morgan fingerprint density at radius 3 is 2.64 bits per heavy atom. The zero-order valence-corrected chi connectivity index (χ0v) is 8.74. The van der Waals surface area contributed by atoms with E-state index in [1.54, 1.807) is 18.3 Å². The zero-order valence-electron chi connectivity index (χ0n) is 8.74. The maximum atomic E-state index is 10.9. The average molecular weight is 193 g/mol. The Morgan fingerprint density at radius 1 is 1.50 bits per heavy atom. The van der Waals surface area contributed by atoms with E-state index in [0.29, 0.717) is 17.7 Å². The lowest BCUT2D eigenvalue weighted by atomic mass is 9.89. The molecule has 0 aliphatic carbocycles. The molecule has 14 heavy (non-hydrogen) atoms. The number of aromatic nitrogens is 1. The number of pyridine rings is 1. The number of carboxylic acid groups (broad SMARTS) is 1. The van der Waals surface area contributed by atoms with Crippen molar-refractivity contribution in [1.82, 2.24) is 4.98 Å². The van der Waals surface area contributed by atoms with Gasteiger partial charge in [-0.15, -0.1) is 0 Å². The van der Waals surface area contributed by atoms with Crippen LogP contribution in [-0.2, 0) is 6.42 Å². The normalized spacial score (nSPS) is 11.4. The first-order valence-corrected chi connectivity index (χ1v) is 4.57. The van der Waals surface area contributed by atoms with Crippen molar-refractivity contribution in [3.63, 3.8) is 0 Å². The smallest absolute Gasteiger partial charge is 0.337 e. The third-order valence-corrected chi connectivity index (χ3v) is 1.82. The molecule has 0 saturated heterocycles. The van der Waals surface area contributed by atoms with Gasteiger partial charge in [0.2, 0.25) is 0 Å². The highest BCUT2D eigenvalue weighted by molar-refractivity contribution is 5.88. The molecule has 0 amide bonds. The van der Waals surface area contributed by atoms with Crippen LogP contribution in [0.3, 0.4) is 0 Å². The molecule has 0 aromatic carbocycles. The summed E-state index contributed by atoms with van der Waals surface area (Å²) in [6.07, 6.45) is 2.31. The first-order chi connectivity index (χ1) is 6.40. The lowest BCUT2D eigenvalue weighted by molar-refractivity contribution is 0.0694. The second kappa shape index (κ2) is 3.78. The first kappa shape index (κ1) is 10.7. The Morgan fingerprint density at radius 2 is 2.14 bits per heavy atom. The molecule has 0 unspecified atom stereocenters. The van der Waals surface area contributed by atoms with Gasteiger partial charge in [-0.2, -0.15) is 0 Å². The molecule has 0 atom stereocenters. The fourth-order valence-electron chi connectivity index (χ4n) is 1.28. The molecule has 1 N–H and O–H groups in total. The third-order valence-electron chi connectivity index (χ3n) is 1.82. The maximum Gasteiger partial charge on any atom is 0.337 e. The molecule has 1 rings (SSSR count). The molecule has 0 radical (unpaired) electrons. The summed E-state index contributed by atoms with van der Waals surface area (Å²) in [5, 5.41) is 8.92. The molecule has 0 spiro atoms. The molecule has 0 aliphatic rings. The third kappa shape index (κ3) is 2.83. The molecule has 0 aliphatic heterocycles. The lowest BCUT2D eigenvalue weighted by Crippen LogP contribution is -2.14. The van der Waals surface area contributed by atoms with Gasteiger partial charge in [0.05, 0.1) is 11.3 Å². The Hall–Kier alpha value is -1.38. The summed E-state index contributed by atoms with van der Waals surface area (Å²) in [5.41, 5.74) is 1.02. The molecule has 0 fully saturated rings. The van der Waals surface area contributed by atoms with Crippen molar-refractivity contribution in [3.05, 3.63) is 29.6 Å². The molecule has 1 heterocycles. The van der Waals surface area contributed by atoms with Crippen molar-refractivity contribution in [1.29, 1.82) is 0 Å². The summed E-state index contributed by atoms with van der Waals surface area (Å²) >= 11 is 0. The highest BCUT2D eigenvalue weighted by atomic mass is 16.4. The van der Waals surface area contributed by atoms with E-state index in [-0.39, 0.29) is 5.41 Å². The van der Waals surface area contributed by atoms with Crippen LogP contribution < -0.4 is 0 Å². The summed E-state index contributed by atoms with van der Waals surface area (Å²) in [6.45, 7) is 6.19. The number of aromatic carboxylic acids is 1. The van der Waals surface area contributed by atoms with Crippen LogP contribution in [0.15, 0.2) is 18.3 Å². The summed E-state index contributed by atoms with van der Waals surface area (Å²) in [4.78, 5) is 15.0. The van der Waals surface area contributed by atoms with Crippen LogP contribution in [0.1, 0.15) is 36.8 Å². The molecule has 3 nitrogen and oxygen atoms in total. The van der Waals surface area contributed by atoms with Gasteiger partial charge < -0.3 is 5.11 Å². The van der Waals surface area contributed by atoms with E-state index in [1.165, 1.54) is 0 Å². The Bertz CT molecular complexity index is 339. The number of nitrogens with zero attached hydrogens (tertiary/aromatic N) is 1.